The topological polar surface area (TPSA) is 58.7 Å². The Morgan fingerprint density at radius 2 is 2.12 bits per heavy atom. The molecule has 0 amide bonds. The van der Waals surface area contributed by atoms with Crippen molar-refractivity contribution in [2.24, 2.45) is 5.73 Å². The molecule has 1 fully saturated rings. The van der Waals surface area contributed by atoms with Crippen molar-refractivity contribution in [3.05, 3.63) is 29.3 Å². The van der Waals surface area contributed by atoms with Crippen LogP contribution in [0, 0.1) is 6.92 Å². The van der Waals surface area contributed by atoms with Gasteiger partial charge in [0.1, 0.15) is 0 Å². The predicted molar refractivity (Wildman–Crippen MR) is 68.2 cm³/mol. The van der Waals surface area contributed by atoms with Crippen LogP contribution in [0.2, 0.25) is 0 Å². The largest absolute Gasteiger partial charge is 0.394 e. The van der Waals surface area contributed by atoms with Crippen molar-refractivity contribution in [1.82, 2.24) is 0 Å². The Morgan fingerprint density at radius 3 is 2.71 bits per heavy atom. The monoisotopic (exact) mass is 236 g/mol. The summed E-state index contributed by atoms with van der Waals surface area (Å²) in [5, 5.41) is 9.05. The minimum Gasteiger partial charge on any atom is -0.394 e. The first-order valence-corrected chi connectivity index (χ1v) is 6.02. The Kier molecular flexibility index (Phi) is 3.99. The van der Waals surface area contributed by atoms with Crippen LogP contribution in [-0.2, 0) is 4.74 Å². The molecule has 2 rings (SSSR count). The van der Waals surface area contributed by atoms with E-state index in [4.69, 9.17) is 15.6 Å². The van der Waals surface area contributed by atoms with Crippen LogP contribution in [0.1, 0.15) is 17.2 Å². The van der Waals surface area contributed by atoms with Gasteiger partial charge in [0, 0.05) is 18.8 Å². The van der Waals surface area contributed by atoms with Crippen LogP contribution in [0.15, 0.2) is 18.2 Å². The molecule has 0 unspecified atom stereocenters. The van der Waals surface area contributed by atoms with E-state index in [1.165, 1.54) is 11.3 Å². The first-order valence-electron chi connectivity index (χ1n) is 6.02. The number of ether oxygens (including phenoxy) is 1. The Balaban J connectivity index is 2.18. The molecule has 3 N–H and O–H groups in total. The van der Waals surface area contributed by atoms with Crippen LogP contribution in [0.3, 0.4) is 0 Å². The van der Waals surface area contributed by atoms with Crippen molar-refractivity contribution in [2.75, 3.05) is 37.8 Å². The van der Waals surface area contributed by atoms with E-state index in [0.29, 0.717) is 0 Å². The van der Waals surface area contributed by atoms with Gasteiger partial charge in [-0.15, -0.1) is 0 Å². The fraction of sp³-hybridized carbons (Fsp3) is 0.538. The van der Waals surface area contributed by atoms with Gasteiger partial charge >= 0.3 is 0 Å². The standard InChI is InChI=1S/C13H20N2O2/c1-10-8-11(12(14)9-16)2-3-13(10)15-4-6-17-7-5-15/h2-3,8,12,16H,4-7,9,14H2,1H3/t12-/m1/s1. The second kappa shape index (κ2) is 5.49. The zero-order chi connectivity index (χ0) is 12.3. The number of aliphatic hydroxyl groups is 1. The van der Waals surface area contributed by atoms with Crippen LogP contribution in [0.25, 0.3) is 0 Å². The van der Waals surface area contributed by atoms with Crippen LogP contribution >= 0.6 is 0 Å². The molecular weight excluding hydrogens is 216 g/mol. The number of nitrogens with zero attached hydrogens (tertiary/aromatic N) is 1. The fourth-order valence-electron chi connectivity index (χ4n) is 2.17. The SMILES string of the molecule is Cc1cc([C@H](N)CO)ccc1N1CCOCC1. The number of aliphatic hydroxyl groups excluding tert-OH is 1. The van der Waals surface area contributed by atoms with Gasteiger partial charge in [0.25, 0.3) is 0 Å². The van der Waals surface area contributed by atoms with E-state index in [2.05, 4.69) is 24.0 Å². The summed E-state index contributed by atoms with van der Waals surface area (Å²) < 4.78 is 5.35. The maximum absolute atomic E-state index is 9.05. The van der Waals surface area contributed by atoms with E-state index in [9.17, 15) is 0 Å². The second-order valence-electron chi connectivity index (χ2n) is 4.43. The Hall–Kier alpha value is -1.10. The number of anilines is 1. The molecule has 1 aliphatic heterocycles. The molecule has 0 saturated carbocycles. The number of benzene rings is 1. The lowest BCUT2D eigenvalue weighted by Crippen LogP contribution is -2.36. The van der Waals surface area contributed by atoms with Crippen LogP contribution < -0.4 is 10.6 Å². The van der Waals surface area contributed by atoms with Gasteiger partial charge < -0.3 is 20.5 Å². The minimum absolute atomic E-state index is 0.0175. The minimum atomic E-state index is -0.285. The number of aryl methyl sites for hydroxylation is 1. The summed E-state index contributed by atoms with van der Waals surface area (Å²) in [7, 11) is 0. The van der Waals surface area contributed by atoms with Crippen molar-refractivity contribution in [3.8, 4) is 0 Å². The average Bonchev–Trinajstić information content (AvgIpc) is 2.38. The van der Waals surface area contributed by atoms with Crippen molar-refractivity contribution in [3.63, 3.8) is 0 Å². The van der Waals surface area contributed by atoms with Gasteiger partial charge in [-0.2, -0.15) is 0 Å². The molecule has 0 bridgehead atoms. The number of hydrogen-bond donors (Lipinski definition) is 2. The summed E-state index contributed by atoms with van der Waals surface area (Å²) in [5.41, 5.74) is 9.24. The fourth-order valence-corrected chi connectivity index (χ4v) is 2.17. The molecular formula is C13H20N2O2. The van der Waals surface area contributed by atoms with Crippen molar-refractivity contribution < 1.29 is 9.84 Å². The third-order valence-electron chi connectivity index (χ3n) is 3.20. The van der Waals surface area contributed by atoms with E-state index in [1.54, 1.807) is 0 Å². The maximum Gasteiger partial charge on any atom is 0.0642 e. The van der Waals surface area contributed by atoms with Crippen LogP contribution in [0.5, 0.6) is 0 Å². The van der Waals surface area contributed by atoms with Crippen molar-refractivity contribution >= 4 is 5.69 Å². The summed E-state index contributed by atoms with van der Waals surface area (Å²) in [4.78, 5) is 2.33. The third-order valence-corrected chi connectivity index (χ3v) is 3.20. The van der Waals surface area contributed by atoms with E-state index in [-0.39, 0.29) is 12.6 Å². The van der Waals surface area contributed by atoms with Gasteiger partial charge in [0.15, 0.2) is 0 Å². The molecule has 0 radical (unpaired) electrons. The highest BCUT2D eigenvalue weighted by Gasteiger charge is 2.14. The normalized spacial score (nSPS) is 18.2. The molecule has 17 heavy (non-hydrogen) atoms. The van der Waals surface area contributed by atoms with Gasteiger partial charge in [-0.1, -0.05) is 12.1 Å². The van der Waals surface area contributed by atoms with E-state index < -0.39 is 0 Å². The number of morpholine rings is 1. The lowest BCUT2D eigenvalue weighted by molar-refractivity contribution is 0.122. The molecule has 4 nitrogen and oxygen atoms in total. The molecule has 1 aliphatic rings. The Morgan fingerprint density at radius 1 is 1.41 bits per heavy atom. The summed E-state index contributed by atoms with van der Waals surface area (Å²) >= 11 is 0. The van der Waals surface area contributed by atoms with Crippen molar-refractivity contribution in [2.45, 2.75) is 13.0 Å². The van der Waals surface area contributed by atoms with Gasteiger partial charge in [-0.25, -0.2) is 0 Å². The molecule has 94 valence electrons. The highest BCUT2D eigenvalue weighted by Crippen LogP contribution is 2.24. The van der Waals surface area contributed by atoms with Gasteiger partial charge in [0.05, 0.1) is 25.9 Å². The molecule has 1 saturated heterocycles. The summed E-state index contributed by atoms with van der Waals surface area (Å²) in [6.45, 7) is 5.52. The molecule has 1 aromatic carbocycles. The average molecular weight is 236 g/mol. The number of hydrogen-bond acceptors (Lipinski definition) is 4. The smallest absolute Gasteiger partial charge is 0.0642 e. The lowest BCUT2D eigenvalue weighted by Gasteiger charge is -2.30. The zero-order valence-electron chi connectivity index (χ0n) is 10.2. The molecule has 0 spiro atoms. The lowest BCUT2D eigenvalue weighted by atomic mass is 10.0. The number of nitrogens with two attached hydrogens (primary N) is 1. The number of rotatable bonds is 3. The first-order chi connectivity index (χ1) is 8.22. The summed E-state index contributed by atoms with van der Waals surface area (Å²) in [6, 6.07) is 5.86. The summed E-state index contributed by atoms with van der Waals surface area (Å²) in [6.07, 6.45) is 0. The molecule has 1 aromatic rings. The third kappa shape index (κ3) is 2.77. The molecule has 1 heterocycles. The Bertz CT molecular complexity index is 376. The van der Waals surface area contributed by atoms with Gasteiger partial charge in [0.2, 0.25) is 0 Å². The van der Waals surface area contributed by atoms with Gasteiger partial charge in [-0.3, -0.25) is 0 Å². The van der Waals surface area contributed by atoms with Crippen LogP contribution in [-0.4, -0.2) is 38.0 Å². The summed E-state index contributed by atoms with van der Waals surface area (Å²) in [5.74, 6) is 0. The Labute approximate surface area is 102 Å². The zero-order valence-corrected chi connectivity index (χ0v) is 10.2. The van der Waals surface area contributed by atoms with Gasteiger partial charge in [-0.05, 0) is 24.1 Å². The molecule has 0 aromatic heterocycles. The quantitative estimate of drug-likeness (QED) is 0.816. The first kappa shape index (κ1) is 12.4. The van der Waals surface area contributed by atoms with E-state index >= 15 is 0 Å². The second-order valence-corrected chi connectivity index (χ2v) is 4.43. The maximum atomic E-state index is 9.05. The van der Waals surface area contributed by atoms with E-state index in [1.807, 2.05) is 6.07 Å². The highest BCUT2D eigenvalue weighted by molar-refractivity contribution is 5.55. The van der Waals surface area contributed by atoms with E-state index in [0.717, 1.165) is 31.9 Å². The molecule has 4 heteroatoms. The predicted octanol–water partition coefficient (Wildman–Crippen LogP) is 0.824. The van der Waals surface area contributed by atoms with Crippen molar-refractivity contribution in [1.29, 1.82) is 0 Å². The van der Waals surface area contributed by atoms with Crippen LogP contribution in [0.4, 0.5) is 5.69 Å². The molecule has 1 atom stereocenters. The highest BCUT2D eigenvalue weighted by atomic mass is 16.5. The molecule has 0 aliphatic carbocycles.